The van der Waals surface area contributed by atoms with Crippen LogP contribution < -0.4 is 27.0 Å². The van der Waals surface area contributed by atoms with Gasteiger partial charge in [0.25, 0.3) is 0 Å². The summed E-state index contributed by atoms with van der Waals surface area (Å²) in [6.45, 7) is 14.1. The second kappa shape index (κ2) is 14.8. The third kappa shape index (κ3) is 13.4. The van der Waals surface area contributed by atoms with Gasteiger partial charge in [-0.05, 0) is 20.3 Å². The predicted molar refractivity (Wildman–Crippen MR) is 95.6 cm³/mol. The molecule has 0 fully saturated rings. The number of hydrogen-bond donors (Lipinski definition) is 5. The highest BCUT2D eigenvalue weighted by Gasteiger charge is 2.26. The van der Waals surface area contributed by atoms with E-state index in [1.165, 1.54) is 0 Å². The van der Waals surface area contributed by atoms with E-state index in [0.717, 1.165) is 52.2 Å². The molecule has 0 amide bonds. The first-order chi connectivity index (χ1) is 11.0. The lowest BCUT2D eigenvalue weighted by Crippen LogP contribution is -2.36. The average Bonchev–Trinajstić information content (AvgIpc) is 2.54. The Morgan fingerprint density at radius 1 is 0.870 bits per heavy atom. The monoisotopic (exact) mass is 331 g/mol. The molecular formula is C16H37N5O2. The number of hydrogen-bond acceptors (Lipinski definition) is 7. The molecule has 6 N–H and O–H groups in total. The molecule has 0 heterocycles. The summed E-state index contributed by atoms with van der Waals surface area (Å²) < 4.78 is 5.25. The van der Waals surface area contributed by atoms with E-state index in [-0.39, 0.29) is 11.4 Å². The van der Waals surface area contributed by atoms with Crippen molar-refractivity contribution in [3.05, 3.63) is 0 Å². The maximum Gasteiger partial charge on any atom is 0.311 e. The Hall–Kier alpha value is -0.730. The van der Waals surface area contributed by atoms with Crippen LogP contribution in [0.2, 0.25) is 0 Å². The fourth-order valence-electron chi connectivity index (χ4n) is 1.69. The van der Waals surface area contributed by atoms with E-state index in [4.69, 9.17) is 10.5 Å². The second-order valence-electron chi connectivity index (χ2n) is 6.16. The lowest BCUT2D eigenvalue weighted by Gasteiger charge is -2.20. The van der Waals surface area contributed by atoms with Crippen molar-refractivity contribution in [1.29, 1.82) is 0 Å². The van der Waals surface area contributed by atoms with Gasteiger partial charge in [0, 0.05) is 58.9 Å². The molecule has 7 heteroatoms. The molecule has 0 aliphatic carbocycles. The highest BCUT2D eigenvalue weighted by Crippen LogP contribution is 2.21. The SMILES string of the molecule is CCC(C)(C)C(=O)OCCNCCNCCNCCNCCN. The Morgan fingerprint density at radius 3 is 1.74 bits per heavy atom. The van der Waals surface area contributed by atoms with Crippen molar-refractivity contribution in [2.75, 3.05) is 65.5 Å². The first-order valence-corrected chi connectivity index (χ1v) is 8.74. The Labute approximate surface area is 141 Å². The summed E-state index contributed by atoms with van der Waals surface area (Å²) >= 11 is 0. The summed E-state index contributed by atoms with van der Waals surface area (Å²) in [7, 11) is 0. The molecule has 0 unspecified atom stereocenters. The van der Waals surface area contributed by atoms with E-state index < -0.39 is 0 Å². The Bertz CT molecular complexity index is 288. The van der Waals surface area contributed by atoms with Gasteiger partial charge in [-0.2, -0.15) is 0 Å². The number of carbonyl (C=O) groups excluding carboxylic acids is 1. The number of carbonyl (C=O) groups is 1. The Kier molecular flexibility index (Phi) is 14.4. The summed E-state index contributed by atoms with van der Waals surface area (Å²) in [6, 6.07) is 0. The van der Waals surface area contributed by atoms with Crippen LogP contribution in [0.5, 0.6) is 0 Å². The summed E-state index contributed by atoms with van der Waals surface area (Å²) in [5.74, 6) is -0.119. The van der Waals surface area contributed by atoms with Gasteiger partial charge in [-0.3, -0.25) is 4.79 Å². The number of esters is 1. The molecule has 0 aliphatic heterocycles. The summed E-state index contributed by atoms with van der Waals surface area (Å²) in [5, 5.41) is 13.2. The molecule has 0 saturated heterocycles. The summed E-state index contributed by atoms with van der Waals surface area (Å²) in [4.78, 5) is 11.7. The lowest BCUT2D eigenvalue weighted by molar-refractivity contribution is -0.153. The molecule has 0 rings (SSSR count). The van der Waals surface area contributed by atoms with Crippen molar-refractivity contribution in [3.63, 3.8) is 0 Å². The zero-order chi connectivity index (χ0) is 17.4. The highest BCUT2D eigenvalue weighted by molar-refractivity contribution is 5.75. The van der Waals surface area contributed by atoms with Gasteiger partial charge in [-0.15, -0.1) is 0 Å². The number of rotatable bonds is 16. The van der Waals surface area contributed by atoms with Gasteiger partial charge < -0.3 is 31.7 Å². The van der Waals surface area contributed by atoms with E-state index in [0.29, 0.717) is 19.7 Å². The molecule has 0 aromatic rings. The van der Waals surface area contributed by atoms with E-state index in [2.05, 4.69) is 21.3 Å². The van der Waals surface area contributed by atoms with E-state index in [1.54, 1.807) is 0 Å². The zero-order valence-electron chi connectivity index (χ0n) is 15.2. The summed E-state index contributed by atoms with van der Waals surface area (Å²) in [6.07, 6.45) is 0.792. The van der Waals surface area contributed by atoms with Crippen molar-refractivity contribution in [2.45, 2.75) is 27.2 Å². The van der Waals surface area contributed by atoms with Crippen molar-refractivity contribution in [3.8, 4) is 0 Å². The van der Waals surface area contributed by atoms with Crippen LogP contribution in [0.1, 0.15) is 27.2 Å². The fraction of sp³-hybridized carbons (Fsp3) is 0.938. The van der Waals surface area contributed by atoms with Crippen molar-refractivity contribution in [1.82, 2.24) is 21.3 Å². The fourth-order valence-corrected chi connectivity index (χ4v) is 1.69. The molecule has 0 atom stereocenters. The Morgan fingerprint density at radius 2 is 1.30 bits per heavy atom. The maximum absolute atomic E-state index is 11.7. The molecule has 138 valence electrons. The molecule has 0 radical (unpaired) electrons. The van der Waals surface area contributed by atoms with Crippen LogP contribution in [0, 0.1) is 5.41 Å². The topological polar surface area (TPSA) is 100 Å². The first kappa shape index (κ1) is 22.3. The van der Waals surface area contributed by atoms with Crippen LogP contribution in [-0.2, 0) is 9.53 Å². The number of ether oxygens (including phenoxy) is 1. The van der Waals surface area contributed by atoms with Gasteiger partial charge in [0.15, 0.2) is 0 Å². The van der Waals surface area contributed by atoms with Gasteiger partial charge >= 0.3 is 5.97 Å². The van der Waals surface area contributed by atoms with Gasteiger partial charge in [0.05, 0.1) is 5.41 Å². The standard InChI is InChI=1S/C16H37N5O2/c1-4-16(2,3)15(22)23-14-13-21-12-11-20-10-9-19-8-7-18-6-5-17/h18-21H,4-14,17H2,1-3H3. The lowest BCUT2D eigenvalue weighted by atomic mass is 9.91. The minimum atomic E-state index is -0.381. The molecule has 7 nitrogen and oxygen atoms in total. The van der Waals surface area contributed by atoms with Crippen molar-refractivity contribution in [2.24, 2.45) is 11.1 Å². The predicted octanol–water partition coefficient (Wildman–Crippen LogP) is -0.717. The van der Waals surface area contributed by atoms with E-state index in [9.17, 15) is 4.79 Å². The minimum Gasteiger partial charge on any atom is -0.464 e. The van der Waals surface area contributed by atoms with Crippen LogP contribution in [0.3, 0.4) is 0 Å². The highest BCUT2D eigenvalue weighted by atomic mass is 16.5. The number of nitrogens with one attached hydrogen (secondary N) is 4. The van der Waals surface area contributed by atoms with Crippen LogP contribution in [0.25, 0.3) is 0 Å². The quantitative estimate of drug-likeness (QED) is 0.188. The van der Waals surface area contributed by atoms with Gasteiger partial charge in [0.2, 0.25) is 0 Å². The minimum absolute atomic E-state index is 0.119. The van der Waals surface area contributed by atoms with Gasteiger partial charge in [0.1, 0.15) is 6.61 Å². The molecule has 0 aliphatic rings. The first-order valence-electron chi connectivity index (χ1n) is 8.74. The largest absolute Gasteiger partial charge is 0.464 e. The van der Waals surface area contributed by atoms with Gasteiger partial charge in [-0.25, -0.2) is 0 Å². The molecule has 23 heavy (non-hydrogen) atoms. The van der Waals surface area contributed by atoms with E-state index >= 15 is 0 Å². The average molecular weight is 332 g/mol. The molecule has 0 saturated carbocycles. The molecule has 0 aromatic heterocycles. The van der Waals surface area contributed by atoms with Crippen LogP contribution in [0.4, 0.5) is 0 Å². The van der Waals surface area contributed by atoms with Crippen molar-refractivity contribution >= 4 is 5.97 Å². The van der Waals surface area contributed by atoms with Gasteiger partial charge in [-0.1, -0.05) is 6.92 Å². The summed E-state index contributed by atoms with van der Waals surface area (Å²) in [5.41, 5.74) is 5.00. The van der Waals surface area contributed by atoms with Crippen LogP contribution in [0.15, 0.2) is 0 Å². The molecule has 0 aromatic carbocycles. The van der Waals surface area contributed by atoms with Crippen LogP contribution >= 0.6 is 0 Å². The second-order valence-corrected chi connectivity index (χ2v) is 6.16. The van der Waals surface area contributed by atoms with Crippen molar-refractivity contribution < 1.29 is 9.53 Å². The molecular weight excluding hydrogens is 294 g/mol. The van der Waals surface area contributed by atoms with E-state index in [1.807, 2.05) is 20.8 Å². The molecule has 0 bridgehead atoms. The normalized spacial score (nSPS) is 11.7. The van der Waals surface area contributed by atoms with Crippen LogP contribution in [-0.4, -0.2) is 71.5 Å². The zero-order valence-corrected chi connectivity index (χ0v) is 15.2. The Balaban J connectivity index is 3.21. The molecule has 0 spiro atoms. The third-order valence-corrected chi connectivity index (χ3v) is 3.71. The number of nitrogens with two attached hydrogens (primary N) is 1. The maximum atomic E-state index is 11.7. The smallest absolute Gasteiger partial charge is 0.311 e. The third-order valence-electron chi connectivity index (χ3n) is 3.71.